The number of H-pyrrole nitrogens is 1. The zero-order valence-electron chi connectivity index (χ0n) is 20.1. The summed E-state index contributed by atoms with van der Waals surface area (Å²) in [4.78, 5) is 23.6. The number of benzene rings is 2. The van der Waals surface area contributed by atoms with Crippen molar-refractivity contribution in [3.8, 4) is 11.8 Å². The van der Waals surface area contributed by atoms with Crippen LogP contribution in [-0.2, 0) is 5.54 Å². The van der Waals surface area contributed by atoms with E-state index in [-0.39, 0.29) is 35.2 Å². The summed E-state index contributed by atoms with van der Waals surface area (Å²) >= 11 is 0. The molecule has 186 valence electrons. The number of ether oxygens (including phenoxy) is 1. The summed E-state index contributed by atoms with van der Waals surface area (Å²) in [6, 6.07) is 15.7. The molecular formula is C27H27F2N5O2. The predicted molar refractivity (Wildman–Crippen MR) is 131 cm³/mol. The Morgan fingerprint density at radius 3 is 2.39 bits per heavy atom. The third-order valence-electron chi connectivity index (χ3n) is 7.10. The van der Waals surface area contributed by atoms with E-state index in [0.717, 1.165) is 12.0 Å². The van der Waals surface area contributed by atoms with E-state index in [2.05, 4.69) is 29.0 Å². The lowest BCUT2D eigenvalue weighted by molar-refractivity contribution is 0.0632. The summed E-state index contributed by atoms with van der Waals surface area (Å²) < 4.78 is 34.9. The molecular weight excluding hydrogens is 464 g/mol. The standard InChI is InChI=1S/C27H27F2N5O2/c1-3-21-16-27(34-15-13-25(35)32-34,18-4-6-19(28)7-5-18)23(17-33(21)2)24-12-14-30-26(31-24)36-22-10-8-20(29)9-11-22/h4-15,21,23H,3,16-17H2,1-2H3,(H,32,35). The van der Waals surface area contributed by atoms with Gasteiger partial charge in [0, 0.05) is 37.0 Å². The van der Waals surface area contributed by atoms with Gasteiger partial charge in [0.1, 0.15) is 17.4 Å². The van der Waals surface area contributed by atoms with Gasteiger partial charge >= 0.3 is 6.01 Å². The molecule has 1 aliphatic rings. The molecule has 1 saturated heterocycles. The minimum Gasteiger partial charge on any atom is -0.424 e. The fourth-order valence-electron chi connectivity index (χ4n) is 5.28. The van der Waals surface area contributed by atoms with Crippen molar-refractivity contribution >= 4 is 0 Å². The lowest BCUT2D eigenvalue weighted by atomic mass is 9.68. The van der Waals surface area contributed by atoms with Crippen LogP contribution in [0.1, 0.15) is 36.9 Å². The SMILES string of the molecule is CCC1CC(c2ccc(F)cc2)(n2ccc(=O)[nH]2)C(c2ccnc(Oc3ccc(F)cc3)n2)CN1C. The third-order valence-corrected chi connectivity index (χ3v) is 7.10. The highest BCUT2D eigenvalue weighted by atomic mass is 19.1. The molecule has 1 aliphatic heterocycles. The fraction of sp³-hybridized carbons (Fsp3) is 0.296. The molecule has 0 bridgehead atoms. The van der Waals surface area contributed by atoms with Gasteiger partial charge in [0.25, 0.3) is 5.56 Å². The third kappa shape index (κ3) is 4.42. The van der Waals surface area contributed by atoms with Gasteiger partial charge < -0.3 is 9.64 Å². The Kier molecular flexibility index (Phi) is 6.40. The largest absolute Gasteiger partial charge is 0.424 e. The maximum atomic E-state index is 14.0. The predicted octanol–water partition coefficient (Wildman–Crippen LogP) is 4.68. The second kappa shape index (κ2) is 9.66. The molecule has 4 aromatic rings. The Morgan fingerprint density at radius 2 is 1.75 bits per heavy atom. The van der Waals surface area contributed by atoms with E-state index in [9.17, 15) is 13.6 Å². The van der Waals surface area contributed by atoms with E-state index in [1.165, 1.54) is 42.5 Å². The number of likely N-dealkylation sites (tertiary alicyclic amines) is 1. The van der Waals surface area contributed by atoms with Crippen molar-refractivity contribution in [1.82, 2.24) is 24.6 Å². The molecule has 9 heteroatoms. The number of nitrogens with one attached hydrogen (secondary N) is 1. The first-order chi connectivity index (χ1) is 17.4. The summed E-state index contributed by atoms with van der Waals surface area (Å²) in [5.41, 5.74) is 0.616. The van der Waals surface area contributed by atoms with Crippen molar-refractivity contribution in [2.75, 3.05) is 13.6 Å². The molecule has 0 amide bonds. The van der Waals surface area contributed by atoms with Crippen LogP contribution in [0, 0.1) is 11.6 Å². The molecule has 0 saturated carbocycles. The van der Waals surface area contributed by atoms with Crippen LogP contribution in [0.25, 0.3) is 0 Å². The molecule has 36 heavy (non-hydrogen) atoms. The second-order valence-corrected chi connectivity index (χ2v) is 9.17. The van der Waals surface area contributed by atoms with Crippen molar-refractivity contribution in [1.29, 1.82) is 0 Å². The average molecular weight is 492 g/mol. The minimum atomic E-state index is -0.745. The number of aromatic nitrogens is 4. The maximum Gasteiger partial charge on any atom is 0.322 e. The number of hydrogen-bond acceptors (Lipinski definition) is 5. The van der Waals surface area contributed by atoms with Gasteiger partial charge in [0.2, 0.25) is 0 Å². The number of likely N-dealkylation sites (N-methyl/N-ethyl adjacent to an activating group) is 1. The molecule has 5 rings (SSSR count). The van der Waals surface area contributed by atoms with Gasteiger partial charge in [-0.15, -0.1) is 0 Å². The van der Waals surface area contributed by atoms with Crippen molar-refractivity contribution in [2.24, 2.45) is 0 Å². The van der Waals surface area contributed by atoms with Gasteiger partial charge in [-0.05, 0) is 67.9 Å². The molecule has 3 heterocycles. The Morgan fingerprint density at radius 1 is 1.06 bits per heavy atom. The average Bonchev–Trinajstić information content (AvgIpc) is 3.33. The Hall–Kier alpha value is -3.85. The van der Waals surface area contributed by atoms with E-state index in [0.29, 0.717) is 24.4 Å². The second-order valence-electron chi connectivity index (χ2n) is 9.17. The van der Waals surface area contributed by atoms with Crippen molar-refractivity contribution in [2.45, 2.75) is 37.3 Å². The van der Waals surface area contributed by atoms with E-state index in [4.69, 9.17) is 9.72 Å². The molecule has 3 atom stereocenters. The van der Waals surface area contributed by atoms with Crippen LogP contribution in [-0.4, -0.2) is 44.3 Å². The van der Waals surface area contributed by atoms with Gasteiger partial charge in [-0.2, -0.15) is 4.98 Å². The topological polar surface area (TPSA) is 76.0 Å². The molecule has 1 fully saturated rings. The Labute approximate surface area is 207 Å². The molecule has 7 nitrogen and oxygen atoms in total. The molecule has 2 aromatic carbocycles. The van der Waals surface area contributed by atoms with Crippen LogP contribution < -0.4 is 10.3 Å². The zero-order valence-corrected chi connectivity index (χ0v) is 20.1. The van der Waals surface area contributed by atoms with Gasteiger partial charge in [-0.1, -0.05) is 19.1 Å². The van der Waals surface area contributed by atoms with Crippen LogP contribution in [0.2, 0.25) is 0 Å². The molecule has 0 spiro atoms. The number of nitrogens with zero attached hydrogens (tertiary/aromatic N) is 4. The first kappa shape index (κ1) is 23.9. The van der Waals surface area contributed by atoms with Crippen LogP contribution in [0.5, 0.6) is 11.8 Å². The van der Waals surface area contributed by atoms with Gasteiger partial charge in [0.05, 0.1) is 11.2 Å². The summed E-state index contributed by atoms with van der Waals surface area (Å²) in [6.07, 6.45) is 4.94. The van der Waals surface area contributed by atoms with E-state index in [1.54, 1.807) is 24.5 Å². The summed E-state index contributed by atoms with van der Waals surface area (Å²) in [7, 11) is 2.07. The van der Waals surface area contributed by atoms with Crippen LogP contribution in [0.15, 0.2) is 77.9 Å². The highest BCUT2D eigenvalue weighted by Crippen LogP contribution is 2.48. The Balaban J connectivity index is 1.65. The highest BCUT2D eigenvalue weighted by Gasteiger charge is 2.50. The van der Waals surface area contributed by atoms with Gasteiger partial charge in [-0.3, -0.25) is 14.6 Å². The molecule has 1 N–H and O–H groups in total. The monoisotopic (exact) mass is 491 g/mol. The molecule has 0 radical (unpaired) electrons. The number of aromatic amines is 1. The first-order valence-electron chi connectivity index (χ1n) is 11.9. The lowest BCUT2D eigenvalue weighted by Crippen LogP contribution is -2.56. The number of hydrogen-bond donors (Lipinski definition) is 1. The van der Waals surface area contributed by atoms with E-state index in [1.807, 2.05) is 10.7 Å². The van der Waals surface area contributed by atoms with Crippen LogP contribution in [0.4, 0.5) is 8.78 Å². The number of halogens is 2. The minimum absolute atomic E-state index is 0.133. The smallest absolute Gasteiger partial charge is 0.322 e. The van der Waals surface area contributed by atoms with Crippen LogP contribution >= 0.6 is 0 Å². The zero-order chi connectivity index (χ0) is 25.3. The van der Waals surface area contributed by atoms with Crippen molar-refractivity contribution < 1.29 is 13.5 Å². The maximum absolute atomic E-state index is 14.0. The quantitative estimate of drug-likeness (QED) is 0.424. The number of piperidine rings is 1. The fourth-order valence-corrected chi connectivity index (χ4v) is 5.28. The van der Waals surface area contributed by atoms with Gasteiger partial charge in [0.15, 0.2) is 0 Å². The molecule has 2 aromatic heterocycles. The summed E-state index contributed by atoms with van der Waals surface area (Å²) in [6.45, 7) is 2.76. The normalized spacial score (nSPS) is 22.4. The number of rotatable bonds is 6. The molecule has 3 unspecified atom stereocenters. The Bertz CT molecular complexity index is 1390. The molecule has 0 aliphatic carbocycles. The van der Waals surface area contributed by atoms with Crippen LogP contribution in [0.3, 0.4) is 0 Å². The van der Waals surface area contributed by atoms with E-state index >= 15 is 0 Å². The lowest BCUT2D eigenvalue weighted by Gasteiger charge is -2.51. The van der Waals surface area contributed by atoms with Crippen molar-refractivity contribution in [3.05, 3.63) is 106 Å². The summed E-state index contributed by atoms with van der Waals surface area (Å²) in [5.74, 6) is -0.516. The van der Waals surface area contributed by atoms with E-state index < -0.39 is 5.54 Å². The summed E-state index contributed by atoms with van der Waals surface area (Å²) in [5, 5.41) is 2.96. The van der Waals surface area contributed by atoms with Crippen molar-refractivity contribution in [3.63, 3.8) is 0 Å². The van der Waals surface area contributed by atoms with Gasteiger partial charge in [-0.25, -0.2) is 13.8 Å². The highest BCUT2D eigenvalue weighted by molar-refractivity contribution is 5.35. The first-order valence-corrected chi connectivity index (χ1v) is 11.9.